The molecule has 0 radical (unpaired) electrons. The van der Waals surface area contributed by atoms with E-state index in [1.54, 1.807) is 0 Å². The molecule has 1 nitrogen and oxygen atoms in total. The lowest BCUT2D eigenvalue weighted by Crippen LogP contribution is -2.02. The van der Waals surface area contributed by atoms with E-state index in [1.807, 2.05) is 13.8 Å². The summed E-state index contributed by atoms with van der Waals surface area (Å²) in [6.45, 7) is 8.25. The summed E-state index contributed by atoms with van der Waals surface area (Å²) < 4.78 is 0. The summed E-state index contributed by atoms with van der Waals surface area (Å²) in [4.78, 5) is 0. The van der Waals surface area contributed by atoms with Gasteiger partial charge in [-0.05, 0) is 12.8 Å². The number of nitrogens with zero attached hydrogens (tertiary/aromatic N) is 1. The van der Waals surface area contributed by atoms with Crippen LogP contribution < -0.4 is 0 Å². The molecule has 0 unspecified atom stereocenters. The molecule has 1 heteroatoms. The molecule has 0 spiro atoms. The smallest absolute Gasteiger partial charge is 0.0655 e. The molecule has 13 heavy (non-hydrogen) atoms. The fraction of sp³-hybridized carbons (Fsp3) is 0.917. The number of hydrogen-bond acceptors (Lipinski definition) is 1. The lowest BCUT2D eigenvalue weighted by molar-refractivity contribution is 0.427. The van der Waals surface area contributed by atoms with Crippen molar-refractivity contribution in [2.45, 2.75) is 66.2 Å². The largest absolute Gasteiger partial charge is 0.198 e. The van der Waals surface area contributed by atoms with Crippen LogP contribution >= 0.6 is 0 Å². The van der Waals surface area contributed by atoms with E-state index in [0.29, 0.717) is 5.92 Å². The van der Waals surface area contributed by atoms with Gasteiger partial charge in [-0.15, -0.1) is 0 Å². The molecule has 1 fully saturated rings. The molecule has 0 heterocycles. The number of rotatable bonds is 0. The zero-order valence-electron chi connectivity index (χ0n) is 9.77. The molecule has 0 atom stereocenters. The monoisotopic (exact) mass is 183 g/mol. The van der Waals surface area contributed by atoms with Gasteiger partial charge < -0.3 is 0 Å². The Hall–Kier alpha value is -0.510. The molecule has 1 aliphatic carbocycles. The second-order valence-electron chi connectivity index (χ2n) is 3.17. The van der Waals surface area contributed by atoms with E-state index >= 15 is 0 Å². The van der Waals surface area contributed by atoms with Gasteiger partial charge in [0.25, 0.3) is 0 Å². The van der Waals surface area contributed by atoms with Crippen LogP contribution in [0.3, 0.4) is 0 Å². The van der Waals surface area contributed by atoms with Crippen LogP contribution in [0.1, 0.15) is 66.2 Å². The quantitative estimate of drug-likeness (QED) is 0.541. The van der Waals surface area contributed by atoms with Gasteiger partial charge in [-0.2, -0.15) is 5.26 Å². The Kier molecular flexibility index (Phi) is 16.2. The molecule has 0 saturated heterocycles. The van der Waals surface area contributed by atoms with Crippen LogP contribution in [0.2, 0.25) is 0 Å². The minimum atomic E-state index is 0.392. The lowest BCUT2D eigenvalue weighted by Gasteiger charge is -2.13. The van der Waals surface area contributed by atoms with Crippen molar-refractivity contribution in [1.29, 1.82) is 5.26 Å². The van der Waals surface area contributed by atoms with Crippen molar-refractivity contribution < 1.29 is 0 Å². The Morgan fingerprint density at radius 1 is 1.08 bits per heavy atom. The summed E-state index contributed by atoms with van der Waals surface area (Å²) in [5.74, 6) is 0.392. The van der Waals surface area contributed by atoms with Crippen LogP contribution in [0.15, 0.2) is 0 Å². The molecule has 0 aromatic rings. The van der Waals surface area contributed by atoms with Crippen molar-refractivity contribution in [3.05, 3.63) is 0 Å². The van der Waals surface area contributed by atoms with Crippen molar-refractivity contribution in [2.75, 3.05) is 0 Å². The average Bonchev–Trinajstić information content (AvgIpc) is 2.23. The van der Waals surface area contributed by atoms with E-state index in [0.717, 1.165) is 12.8 Å². The van der Waals surface area contributed by atoms with Crippen LogP contribution in [-0.4, -0.2) is 0 Å². The summed E-state index contributed by atoms with van der Waals surface area (Å²) in [5, 5.41) is 8.44. The highest BCUT2D eigenvalue weighted by Crippen LogP contribution is 2.22. The summed E-state index contributed by atoms with van der Waals surface area (Å²) in [7, 11) is 0. The van der Waals surface area contributed by atoms with Gasteiger partial charge in [0.2, 0.25) is 0 Å². The van der Waals surface area contributed by atoms with Gasteiger partial charge >= 0.3 is 0 Å². The van der Waals surface area contributed by atoms with E-state index in [9.17, 15) is 0 Å². The first-order valence-electron chi connectivity index (χ1n) is 5.74. The van der Waals surface area contributed by atoms with E-state index in [-0.39, 0.29) is 0 Å². The third-order valence-corrected chi connectivity index (χ3v) is 1.79. The molecule has 1 rings (SSSR count). The fourth-order valence-corrected chi connectivity index (χ4v) is 1.23. The van der Waals surface area contributed by atoms with Gasteiger partial charge in [0.05, 0.1) is 6.07 Å². The predicted molar refractivity (Wildman–Crippen MR) is 59.5 cm³/mol. The third kappa shape index (κ3) is 11.5. The van der Waals surface area contributed by atoms with Gasteiger partial charge in [-0.25, -0.2) is 0 Å². The highest BCUT2D eigenvalue weighted by atomic mass is 14.3. The first-order chi connectivity index (χ1) is 6.35. The maximum absolute atomic E-state index is 8.44. The Balaban J connectivity index is 0. The molecule has 1 aliphatic rings. The topological polar surface area (TPSA) is 23.8 Å². The van der Waals surface area contributed by atoms with Crippen molar-refractivity contribution in [3.8, 4) is 6.07 Å². The Morgan fingerprint density at radius 2 is 1.46 bits per heavy atom. The van der Waals surface area contributed by atoms with Crippen LogP contribution in [-0.2, 0) is 0 Å². The van der Waals surface area contributed by atoms with Crippen molar-refractivity contribution in [3.63, 3.8) is 0 Å². The lowest BCUT2D eigenvalue weighted by atomic mass is 9.91. The van der Waals surface area contributed by atoms with Gasteiger partial charge in [-0.1, -0.05) is 53.4 Å². The van der Waals surface area contributed by atoms with Gasteiger partial charge in [-0.3, -0.25) is 0 Å². The first kappa shape index (κ1) is 15.0. The molecular weight excluding hydrogens is 158 g/mol. The third-order valence-electron chi connectivity index (χ3n) is 1.79. The summed E-state index contributed by atoms with van der Waals surface area (Å²) in [6.07, 6.45) is 7.45. The highest BCUT2D eigenvalue weighted by Gasteiger charge is 2.10. The Labute approximate surface area is 84.2 Å². The Morgan fingerprint density at radius 3 is 1.69 bits per heavy atom. The van der Waals surface area contributed by atoms with E-state index < -0.39 is 0 Å². The van der Waals surface area contributed by atoms with Gasteiger partial charge in [0.1, 0.15) is 0 Å². The molecular formula is C12H25N. The zero-order valence-corrected chi connectivity index (χ0v) is 9.77. The SMILES string of the molecule is CC.CCC.N#CC1CCCCC1. The number of nitriles is 1. The fourth-order valence-electron chi connectivity index (χ4n) is 1.23. The van der Waals surface area contributed by atoms with E-state index in [2.05, 4.69) is 19.9 Å². The Bertz CT molecular complexity index is 107. The molecule has 0 aromatic heterocycles. The minimum absolute atomic E-state index is 0.392. The second kappa shape index (κ2) is 14.0. The van der Waals surface area contributed by atoms with Crippen molar-refractivity contribution >= 4 is 0 Å². The molecule has 0 aromatic carbocycles. The molecule has 0 amide bonds. The molecule has 0 N–H and O–H groups in total. The van der Waals surface area contributed by atoms with Crippen molar-refractivity contribution in [1.82, 2.24) is 0 Å². The molecule has 1 saturated carbocycles. The maximum atomic E-state index is 8.44. The number of hydrogen-bond donors (Lipinski definition) is 0. The average molecular weight is 183 g/mol. The van der Waals surface area contributed by atoms with Crippen molar-refractivity contribution in [2.24, 2.45) is 5.92 Å². The summed E-state index contributed by atoms with van der Waals surface area (Å²) >= 11 is 0. The van der Waals surface area contributed by atoms with Crippen LogP contribution in [0.5, 0.6) is 0 Å². The standard InChI is InChI=1S/C7H11N.C3H8.C2H6/c8-6-7-4-2-1-3-5-7;1-3-2;1-2/h7H,1-5H2;3H2,1-2H3;1-2H3. The summed E-state index contributed by atoms with van der Waals surface area (Å²) in [6, 6.07) is 2.30. The van der Waals surface area contributed by atoms with E-state index in [4.69, 9.17) is 5.26 Å². The van der Waals surface area contributed by atoms with E-state index in [1.165, 1.54) is 25.7 Å². The predicted octanol–water partition coefficient (Wildman–Crippen LogP) is 4.53. The summed E-state index contributed by atoms with van der Waals surface area (Å²) in [5.41, 5.74) is 0. The first-order valence-corrected chi connectivity index (χ1v) is 5.74. The van der Waals surface area contributed by atoms with Gasteiger partial charge in [0.15, 0.2) is 0 Å². The van der Waals surface area contributed by atoms with Crippen LogP contribution in [0, 0.1) is 17.2 Å². The molecule has 78 valence electrons. The second-order valence-corrected chi connectivity index (χ2v) is 3.17. The maximum Gasteiger partial charge on any atom is 0.0655 e. The van der Waals surface area contributed by atoms with Gasteiger partial charge in [0, 0.05) is 5.92 Å². The zero-order chi connectivity index (χ0) is 10.5. The molecule has 0 bridgehead atoms. The van der Waals surface area contributed by atoms with Crippen LogP contribution in [0.25, 0.3) is 0 Å². The highest BCUT2D eigenvalue weighted by molar-refractivity contribution is 4.84. The minimum Gasteiger partial charge on any atom is -0.198 e. The van der Waals surface area contributed by atoms with Crippen LogP contribution in [0.4, 0.5) is 0 Å². The normalized spacial score (nSPS) is 15.6. The molecule has 0 aliphatic heterocycles.